The molecular weight excluding hydrogens is 733 g/mol. The molecule has 10 heterocycles. The van der Waals surface area contributed by atoms with Crippen LogP contribution in [0.25, 0.3) is 43.9 Å². The van der Waals surface area contributed by atoms with Crippen LogP contribution in [0.2, 0.25) is 0 Å². The summed E-state index contributed by atoms with van der Waals surface area (Å²) in [5.41, 5.74) is 4.16. The smallest absolute Gasteiger partial charge is 0.169 e. The summed E-state index contributed by atoms with van der Waals surface area (Å²) >= 11 is 0. The number of hydrogen-bond acceptors (Lipinski definition) is 13. The van der Waals surface area contributed by atoms with Crippen LogP contribution >= 0.6 is 0 Å². The highest BCUT2D eigenvalue weighted by atomic mass is 16.3. The molecular formula is C43H54N12O3. The molecule has 6 aromatic heterocycles. The molecule has 4 N–H and O–H groups in total. The summed E-state index contributed by atoms with van der Waals surface area (Å²) in [5, 5.41) is 26.7. The standard InChI is InChI=1S/C43H54N12O3/c1-42(57)7-13-54(27-42)35(25-50-15-19-52(20-16-50)33-5-11-44-31-23-48-40-29(37(31)33)3-9-46-40)39(56)36(55-14-8-43(2,58)28-55)26-51-17-21-53(22-18-51)34-6-12-45-32-24-49-41-30(38(32)34)4-10-47-41/h3-6,9-12,23-24,35-36,44-45,57-58H,7-8,13-22,25-28H2,1-2H3. The minimum Gasteiger partial charge on any atom is -0.389 e. The van der Waals surface area contributed by atoms with E-state index < -0.39 is 11.2 Å². The zero-order valence-corrected chi connectivity index (χ0v) is 33.5. The first kappa shape index (κ1) is 37.5. The first-order chi connectivity index (χ1) is 28.1. The van der Waals surface area contributed by atoms with Crippen molar-refractivity contribution in [1.29, 1.82) is 0 Å². The van der Waals surface area contributed by atoms with E-state index in [1.54, 1.807) is 0 Å². The van der Waals surface area contributed by atoms with Crippen molar-refractivity contribution < 1.29 is 15.0 Å². The van der Waals surface area contributed by atoms with Gasteiger partial charge in [-0.15, -0.1) is 0 Å². The molecule has 15 heteroatoms. The highest BCUT2D eigenvalue weighted by Crippen LogP contribution is 2.34. The second-order valence-electron chi connectivity index (χ2n) is 17.6. The van der Waals surface area contributed by atoms with Gasteiger partial charge in [-0.05, 0) is 51.0 Å². The number of aliphatic hydroxyl groups is 2. The maximum Gasteiger partial charge on any atom is 0.169 e. The molecule has 10 rings (SSSR count). The van der Waals surface area contributed by atoms with Gasteiger partial charge in [-0.25, -0.2) is 19.9 Å². The predicted molar refractivity (Wildman–Crippen MR) is 226 cm³/mol. The molecule has 58 heavy (non-hydrogen) atoms. The van der Waals surface area contributed by atoms with E-state index in [0.29, 0.717) is 52.1 Å². The largest absolute Gasteiger partial charge is 0.389 e. The number of aromatic amines is 2. The molecule has 0 saturated carbocycles. The fraction of sp³-hybridized carbons (Fsp3) is 0.512. The van der Waals surface area contributed by atoms with Gasteiger partial charge in [0.25, 0.3) is 0 Å². The molecule has 0 amide bonds. The highest BCUT2D eigenvalue weighted by molar-refractivity contribution is 6.11. The number of H-pyrrole nitrogens is 2. The summed E-state index contributed by atoms with van der Waals surface area (Å²) in [5.74, 6) is 0.201. The number of hydrogen-bond donors (Lipinski definition) is 4. The number of anilines is 2. The normalized spacial score (nSPS) is 25.5. The third kappa shape index (κ3) is 7.07. The van der Waals surface area contributed by atoms with Gasteiger partial charge in [-0.2, -0.15) is 0 Å². The lowest BCUT2D eigenvalue weighted by molar-refractivity contribution is -0.131. The third-order valence-corrected chi connectivity index (χ3v) is 13.3. The van der Waals surface area contributed by atoms with Crippen LogP contribution in [-0.2, 0) is 4.79 Å². The van der Waals surface area contributed by atoms with Gasteiger partial charge < -0.3 is 30.0 Å². The van der Waals surface area contributed by atoms with Crippen molar-refractivity contribution in [3.8, 4) is 0 Å². The van der Waals surface area contributed by atoms with Crippen LogP contribution in [0.1, 0.15) is 26.7 Å². The molecule has 0 radical (unpaired) electrons. The summed E-state index contributed by atoms with van der Waals surface area (Å²) in [6.07, 6.45) is 12.6. The average Bonchev–Trinajstić information content (AvgIpc) is 4.05. The van der Waals surface area contributed by atoms with E-state index in [2.05, 4.69) is 71.4 Å². The summed E-state index contributed by atoms with van der Waals surface area (Å²) in [6, 6.07) is 7.64. The number of piperazine rings is 2. The van der Waals surface area contributed by atoms with Crippen LogP contribution in [0.3, 0.4) is 0 Å². The third-order valence-electron chi connectivity index (χ3n) is 13.3. The second-order valence-corrected chi connectivity index (χ2v) is 17.6. The summed E-state index contributed by atoms with van der Waals surface area (Å²) in [7, 11) is 0. The number of β-amino-alcohol motifs (C(OH)–C–C–N with tert-alkyl or cyclic N) is 2. The molecule has 0 aromatic carbocycles. The van der Waals surface area contributed by atoms with Crippen molar-refractivity contribution in [2.24, 2.45) is 0 Å². The van der Waals surface area contributed by atoms with Crippen molar-refractivity contribution in [2.45, 2.75) is 50.0 Å². The summed E-state index contributed by atoms with van der Waals surface area (Å²) < 4.78 is 0. The van der Waals surface area contributed by atoms with E-state index in [4.69, 9.17) is 0 Å². The van der Waals surface area contributed by atoms with Gasteiger partial charge >= 0.3 is 0 Å². The highest BCUT2D eigenvalue weighted by Gasteiger charge is 2.45. The molecule has 0 spiro atoms. The Morgan fingerprint density at radius 1 is 0.638 bits per heavy atom. The lowest BCUT2D eigenvalue weighted by atomic mass is 9.99. The Hall–Kier alpha value is -4.77. The number of pyridine rings is 4. The van der Waals surface area contributed by atoms with Gasteiger partial charge in [-0.3, -0.25) is 24.4 Å². The molecule has 6 aromatic rings. The van der Waals surface area contributed by atoms with Crippen molar-refractivity contribution in [2.75, 3.05) is 101 Å². The Labute approximate surface area is 337 Å². The van der Waals surface area contributed by atoms with E-state index in [1.165, 1.54) is 11.4 Å². The number of Topliss-reactive ketones (excluding diaryl/α,β-unsaturated/α-hetero) is 1. The van der Waals surface area contributed by atoms with Crippen LogP contribution in [0.15, 0.2) is 61.4 Å². The van der Waals surface area contributed by atoms with Gasteiger partial charge in [0.05, 0.1) is 46.7 Å². The van der Waals surface area contributed by atoms with Crippen molar-refractivity contribution in [1.82, 2.24) is 49.5 Å². The molecule has 4 atom stereocenters. The van der Waals surface area contributed by atoms with Crippen molar-refractivity contribution >= 4 is 61.0 Å². The summed E-state index contributed by atoms with van der Waals surface area (Å²) in [6.45, 7) is 13.9. The molecule has 304 valence electrons. The fourth-order valence-corrected chi connectivity index (χ4v) is 10.1. The summed E-state index contributed by atoms with van der Waals surface area (Å²) in [4.78, 5) is 54.2. The van der Waals surface area contributed by atoms with Crippen LogP contribution in [-0.4, -0.2) is 180 Å². The molecule has 15 nitrogen and oxygen atoms in total. The quantitative estimate of drug-likeness (QED) is 0.161. The Morgan fingerprint density at radius 2 is 1.07 bits per heavy atom. The fourth-order valence-electron chi connectivity index (χ4n) is 10.1. The second kappa shape index (κ2) is 14.8. The molecule has 4 unspecified atom stereocenters. The van der Waals surface area contributed by atoms with Gasteiger partial charge in [0.2, 0.25) is 0 Å². The predicted octanol–water partition coefficient (Wildman–Crippen LogP) is 2.70. The SMILES string of the molecule is CC1(O)CCN(C(CN2CCN(c3cc[nH]c4cnc5nccc5c34)CC2)C(=O)C(CN2CCN(c3cc[nH]c4cnc5nccc5c34)CC2)N2CCC(C)(O)C2)C1. The van der Waals surface area contributed by atoms with Crippen molar-refractivity contribution in [3.63, 3.8) is 0 Å². The molecule has 4 fully saturated rings. The minimum atomic E-state index is -0.832. The van der Waals surface area contributed by atoms with Gasteiger partial charge in [0.15, 0.2) is 17.1 Å². The van der Waals surface area contributed by atoms with Gasteiger partial charge in [0.1, 0.15) is 0 Å². The van der Waals surface area contributed by atoms with E-state index >= 15 is 4.79 Å². The number of aromatic nitrogens is 6. The number of fused-ring (bicyclic) bond motifs is 6. The van der Waals surface area contributed by atoms with E-state index in [9.17, 15) is 10.2 Å². The molecule has 0 bridgehead atoms. The number of ketones is 1. The monoisotopic (exact) mass is 786 g/mol. The maximum absolute atomic E-state index is 15.3. The number of carbonyl (C=O) groups is 1. The number of likely N-dealkylation sites (tertiary alicyclic amines) is 2. The zero-order valence-electron chi connectivity index (χ0n) is 33.5. The van der Waals surface area contributed by atoms with Gasteiger partial charge in [-0.1, -0.05) is 0 Å². The maximum atomic E-state index is 15.3. The van der Waals surface area contributed by atoms with Crippen LogP contribution in [0.4, 0.5) is 11.4 Å². The first-order valence-electron chi connectivity index (χ1n) is 20.9. The number of nitrogens with one attached hydrogen (secondary N) is 2. The van der Waals surface area contributed by atoms with Gasteiger partial charge in [0, 0.05) is 149 Å². The zero-order chi connectivity index (χ0) is 39.6. The lowest BCUT2D eigenvalue weighted by Gasteiger charge is -2.42. The average molecular weight is 787 g/mol. The Balaban J connectivity index is 0.872. The Bertz CT molecular complexity index is 2280. The minimum absolute atomic E-state index is 0.201. The molecule has 0 aliphatic carbocycles. The van der Waals surface area contributed by atoms with Crippen LogP contribution in [0, 0.1) is 0 Å². The van der Waals surface area contributed by atoms with E-state index in [0.717, 1.165) is 96.2 Å². The van der Waals surface area contributed by atoms with Crippen LogP contribution < -0.4 is 9.80 Å². The molecule has 4 aliphatic rings. The Morgan fingerprint density at radius 3 is 1.47 bits per heavy atom. The van der Waals surface area contributed by atoms with E-state index in [-0.39, 0.29) is 17.9 Å². The molecule has 4 aliphatic heterocycles. The van der Waals surface area contributed by atoms with Crippen LogP contribution in [0.5, 0.6) is 0 Å². The topological polar surface area (TPSA) is 160 Å². The number of rotatable bonds is 10. The Kier molecular flexibility index (Phi) is 9.57. The first-order valence-corrected chi connectivity index (χ1v) is 20.9. The van der Waals surface area contributed by atoms with Crippen molar-refractivity contribution in [3.05, 3.63) is 61.4 Å². The lowest BCUT2D eigenvalue weighted by Crippen LogP contribution is -2.60. The number of carbonyl (C=O) groups excluding carboxylic acids is 1. The number of nitrogens with zero attached hydrogens (tertiary/aromatic N) is 10. The van der Waals surface area contributed by atoms with E-state index in [1.807, 2.05) is 63.2 Å². The molecule has 4 saturated heterocycles.